The lowest BCUT2D eigenvalue weighted by Crippen LogP contribution is -2.52. The number of benzene rings is 1. The number of carbonyl (C=O) groups excluding carboxylic acids is 1. The topological polar surface area (TPSA) is 122 Å². The largest absolute Gasteiger partial charge is 0.452 e. The summed E-state index contributed by atoms with van der Waals surface area (Å²) < 4.78 is 70.6. The molecule has 13 heteroatoms. The summed E-state index contributed by atoms with van der Waals surface area (Å²) in [6.45, 7) is 0. The van der Waals surface area contributed by atoms with Gasteiger partial charge in [-0.15, -0.1) is 11.8 Å². The Morgan fingerprint density at radius 3 is 2.76 bits per heavy atom. The predicted molar refractivity (Wildman–Crippen MR) is 111 cm³/mol. The number of alkyl halides is 3. The Morgan fingerprint density at radius 1 is 1.30 bits per heavy atom. The highest BCUT2D eigenvalue weighted by molar-refractivity contribution is 8.18. The Bertz CT molecular complexity index is 1260. The number of aromatic nitrogens is 1. The van der Waals surface area contributed by atoms with E-state index >= 15 is 0 Å². The maximum atomic E-state index is 13.3. The number of rotatable bonds is 5. The van der Waals surface area contributed by atoms with Crippen LogP contribution >= 0.6 is 11.8 Å². The maximum Gasteiger partial charge on any atom is 0.452 e. The highest BCUT2D eigenvalue weighted by Gasteiger charge is 2.72. The zero-order valence-corrected chi connectivity index (χ0v) is 18.4. The molecule has 5 rings (SSSR count). The molecule has 1 fully saturated rings. The van der Waals surface area contributed by atoms with E-state index in [0.717, 1.165) is 22.9 Å². The summed E-state index contributed by atoms with van der Waals surface area (Å²) >= 11 is 0.828. The number of fused-ring (bicyclic) bond motifs is 3. The van der Waals surface area contributed by atoms with E-state index in [1.165, 1.54) is 6.08 Å². The Hall–Kier alpha value is -2.35. The second-order valence-electron chi connectivity index (χ2n) is 8.20. The summed E-state index contributed by atoms with van der Waals surface area (Å²) in [4.78, 5) is 13.0. The first-order chi connectivity index (χ1) is 15.6. The lowest BCUT2D eigenvalue weighted by atomic mass is 9.92. The van der Waals surface area contributed by atoms with Crippen LogP contribution < -0.4 is 10.2 Å². The molecule has 0 spiro atoms. The van der Waals surface area contributed by atoms with Gasteiger partial charge in [0, 0.05) is 16.9 Å². The van der Waals surface area contributed by atoms with E-state index in [9.17, 15) is 31.6 Å². The van der Waals surface area contributed by atoms with Crippen molar-refractivity contribution < 1.29 is 36.1 Å². The average molecular weight is 502 g/mol. The molecule has 0 saturated heterocycles. The number of hydroxylamine groups is 1. The first kappa shape index (κ1) is 22.4. The van der Waals surface area contributed by atoms with Crippen molar-refractivity contribution in [1.29, 1.82) is 0 Å². The molecule has 3 aliphatic rings. The fraction of sp³-hybridized carbons (Fsp3) is 0.400. The number of halogens is 3. The molecule has 2 aliphatic carbocycles. The van der Waals surface area contributed by atoms with Crippen molar-refractivity contribution in [2.45, 2.75) is 41.5 Å². The molecule has 2 aromatic rings. The molecule has 1 amide bonds. The molecule has 33 heavy (non-hydrogen) atoms. The molecule has 0 bridgehead atoms. The number of sulfonamides is 1. The summed E-state index contributed by atoms with van der Waals surface area (Å²) in [5, 5.41) is 12.8. The Morgan fingerprint density at radius 2 is 2.06 bits per heavy atom. The summed E-state index contributed by atoms with van der Waals surface area (Å²) in [6.07, 6.45) is -1.98. The first-order valence-electron chi connectivity index (χ1n) is 10.0. The van der Waals surface area contributed by atoms with Gasteiger partial charge < -0.3 is 4.52 Å². The van der Waals surface area contributed by atoms with E-state index in [1.807, 2.05) is 24.3 Å². The standard InChI is InChI=1S/C20H18F3N3O5S2/c21-20(22,23)15-9-13(25-31-15)14-7-8-16(32-14)33(29,30)26-19(18(27)24-28)12-6-5-10-3-1-2-4-11(10)17(12)19/h1-4,7,9,12,16-17,26,28H,5-6,8H2,(H,24,27). The number of aryl methyl sites for hydroxylation is 1. The molecule has 1 aromatic heterocycles. The summed E-state index contributed by atoms with van der Waals surface area (Å²) in [5.74, 6) is -2.85. The van der Waals surface area contributed by atoms with E-state index in [2.05, 4.69) is 14.4 Å². The van der Waals surface area contributed by atoms with Gasteiger partial charge in [0.15, 0.2) is 0 Å². The summed E-state index contributed by atoms with van der Waals surface area (Å²) in [5.41, 5.74) is 1.85. The second kappa shape index (κ2) is 7.58. The third-order valence-electron chi connectivity index (χ3n) is 6.41. The van der Waals surface area contributed by atoms with Crippen LogP contribution in [0.25, 0.3) is 4.91 Å². The normalized spacial score (nSPS) is 28.6. The van der Waals surface area contributed by atoms with Crippen LogP contribution in [-0.2, 0) is 27.4 Å². The Labute approximate surface area is 190 Å². The molecule has 4 atom stereocenters. The summed E-state index contributed by atoms with van der Waals surface area (Å²) in [6, 6.07) is 8.17. The van der Waals surface area contributed by atoms with Crippen LogP contribution in [0.3, 0.4) is 0 Å². The number of carbonyl (C=O) groups is 1. The number of allylic oxidation sites excluding steroid dienone is 1. The predicted octanol–water partition coefficient (Wildman–Crippen LogP) is 3.02. The van der Waals surface area contributed by atoms with Gasteiger partial charge in [-0.05, 0) is 36.3 Å². The van der Waals surface area contributed by atoms with Crippen molar-refractivity contribution in [3.8, 4) is 0 Å². The molecule has 8 nitrogen and oxygen atoms in total. The molecule has 0 radical (unpaired) electrons. The van der Waals surface area contributed by atoms with Crippen molar-refractivity contribution in [2.75, 3.05) is 0 Å². The monoisotopic (exact) mass is 501 g/mol. The molecular formula is C20H18F3N3O5S2. The third kappa shape index (κ3) is 3.57. The lowest BCUT2D eigenvalue weighted by Gasteiger charge is -2.21. The van der Waals surface area contributed by atoms with Gasteiger partial charge in [0.05, 0.1) is 0 Å². The number of nitrogens with one attached hydrogen (secondary N) is 2. The van der Waals surface area contributed by atoms with Crippen LogP contribution in [-0.4, -0.2) is 34.8 Å². The quantitative estimate of drug-likeness (QED) is 0.425. The van der Waals surface area contributed by atoms with Gasteiger partial charge in [-0.3, -0.25) is 10.0 Å². The number of hydrogen-bond donors (Lipinski definition) is 3. The molecule has 1 saturated carbocycles. The molecule has 176 valence electrons. The zero-order valence-electron chi connectivity index (χ0n) is 16.8. The van der Waals surface area contributed by atoms with Crippen LogP contribution in [0.1, 0.15) is 41.3 Å². The smallest absolute Gasteiger partial charge is 0.351 e. The average Bonchev–Trinajstić information content (AvgIpc) is 3.17. The van der Waals surface area contributed by atoms with Crippen molar-refractivity contribution in [2.24, 2.45) is 5.92 Å². The zero-order chi connectivity index (χ0) is 23.6. The number of thioether (sulfide) groups is 1. The van der Waals surface area contributed by atoms with Gasteiger partial charge in [0.25, 0.3) is 5.91 Å². The number of nitrogens with zero attached hydrogens (tertiary/aromatic N) is 1. The van der Waals surface area contributed by atoms with Crippen LogP contribution in [0.2, 0.25) is 0 Å². The molecule has 4 unspecified atom stereocenters. The third-order valence-corrected chi connectivity index (χ3v) is 10.1. The van der Waals surface area contributed by atoms with E-state index in [1.54, 1.807) is 5.48 Å². The Kier molecular flexibility index (Phi) is 5.16. The van der Waals surface area contributed by atoms with Gasteiger partial charge >= 0.3 is 6.18 Å². The minimum absolute atomic E-state index is 0.00624. The highest BCUT2D eigenvalue weighted by Crippen LogP contribution is 2.63. The van der Waals surface area contributed by atoms with Gasteiger partial charge in [-0.1, -0.05) is 35.5 Å². The molecular weight excluding hydrogens is 483 g/mol. The minimum Gasteiger partial charge on any atom is -0.351 e. The number of amides is 1. The van der Waals surface area contributed by atoms with Crippen LogP contribution in [0.4, 0.5) is 13.2 Å². The van der Waals surface area contributed by atoms with Gasteiger partial charge in [0.1, 0.15) is 15.8 Å². The Balaban J connectivity index is 1.38. The molecule has 1 aliphatic heterocycles. The molecule has 1 aromatic carbocycles. The SMILES string of the molecule is O=C(NO)C1(NS(=O)(=O)C2CC=C(c3cc(C(F)(F)F)on3)S2)C2CCc3ccccc3C21. The molecule has 3 N–H and O–H groups in total. The van der Waals surface area contributed by atoms with Crippen LogP contribution in [0.15, 0.2) is 40.9 Å². The second-order valence-corrected chi connectivity index (χ2v) is 11.6. The van der Waals surface area contributed by atoms with Crippen molar-refractivity contribution in [1.82, 2.24) is 15.4 Å². The van der Waals surface area contributed by atoms with E-state index < -0.39 is 43.9 Å². The van der Waals surface area contributed by atoms with Crippen molar-refractivity contribution in [3.05, 3.63) is 59.0 Å². The van der Waals surface area contributed by atoms with Crippen LogP contribution in [0.5, 0.6) is 0 Å². The molecule has 2 heterocycles. The maximum absolute atomic E-state index is 13.3. The van der Waals surface area contributed by atoms with E-state index in [-0.39, 0.29) is 22.9 Å². The minimum atomic E-state index is -4.70. The van der Waals surface area contributed by atoms with Gasteiger partial charge in [-0.2, -0.15) is 17.9 Å². The lowest BCUT2D eigenvalue weighted by molar-refractivity contribution is -0.155. The van der Waals surface area contributed by atoms with E-state index in [0.29, 0.717) is 18.9 Å². The highest BCUT2D eigenvalue weighted by atomic mass is 32.3. The number of hydrogen-bond acceptors (Lipinski definition) is 7. The fourth-order valence-corrected chi connectivity index (χ4v) is 8.07. The van der Waals surface area contributed by atoms with Crippen molar-refractivity contribution in [3.63, 3.8) is 0 Å². The van der Waals surface area contributed by atoms with Gasteiger partial charge in [-0.25, -0.2) is 13.9 Å². The van der Waals surface area contributed by atoms with E-state index in [4.69, 9.17) is 0 Å². The fourth-order valence-electron chi connectivity index (χ4n) is 4.90. The summed E-state index contributed by atoms with van der Waals surface area (Å²) in [7, 11) is -4.13. The van der Waals surface area contributed by atoms with Crippen molar-refractivity contribution >= 4 is 32.6 Å². The van der Waals surface area contributed by atoms with Gasteiger partial charge in [0.2, 0.25) is 15.8 Å². The first-order valence-corrected chi connectivity index (χ1v) is 12.5. The van der Waals surface area contributed by atoms with Crippen LogP contribution in [0, 0.1) is 5.92 Å².